The molecule has 0 unspecified atom stereocenters. The Morgan fingerprint density at radius 3 is 2.73 bits per heavy atom. The molecule has 6 nitrogen and oxygen atoms in total. The molecule has 4 rings (SSSR count). The number of pyridine rings is 1. The number of aromatic nitrogens is 1. The third-order valence-electron chi connectivity index (χ3n) is 5.46. The second kappa shape index (κ2) is 8.78. The first-order chi connectivity index (χ1) is 14.6. The molecule has 154 valence electrons. The zero-order valence-electron chi connectivity index (χ0n) is 16.8. The lowest BCUT2D eigenvalue weighted by molar-refractivity contribution is 0.282. The van der Waals surface area contributed by atoms with E-state index in [-0.39, 0.29) is 6.61 Å². The minimum atomic E-state index is -0.148. The monoisotopic (exact) mass is 422 g/mol. The number of aliphatic hydroxyl groups is 1. The van der Waals surface area contributed by atoms with Crippen molar-refractivity contribution >= 4 is 33.9 Å². The highest BCUT2D eigenvalue weighted by Gasteiger charge is 2.19. The first-order valence-electron chi connectivity index (χ1n) is 9.92. The van der Waals surface area contributed by atoms with Gasteiger partial charge in [0.1, 0.15) is 5.75 Å². The van der Waals surface area contributed by atoms with Gasteiger partial charge in [0, 0.05) is 36.8 Å². The molecule has 2 N–H and O–H groups in total. The Kier molecular flexibility index (Phi) is 5.93. The minimum Gasteiger partial charge on any atom is -0.495 e. The molecule has 0 bridgehead atoms. The fourth-order valence-electron chi connectivity index (χ4n) is 3.93. The van der Waals surface area contributed by atoms with Crippen LogP contribution in [0.4, 0.5) is 11.4 Å². The largest absolute Gasteiger partial charge is 0.495 e. The van der Waals surface area contributed by atoms with E-state index in [1.54, 1.807) is 13.3 Å². The maximum atomic E-state index is 9.90. The molecule has 0 aliphatic carbocycles. The summed E-state index contributed by atoms with van der Waals surface area (Å²) in [6, 6.07) is 11.6. The predicted octanol–water partition coefficient (Wildman–Crippen LogP) is 4.47. The highest BCUT2D eigenvalue weighted by Crippen LogP contribution is 2.35. The van der Waals surface area contributed by atoms with E-state index in [1.807, 2.05) is 30.3 Å². The van der Waals surface area contributed by atoms with Crippen molar-refractivity contribution in [2.45, 2.75) is 26.0 Å². The Labute approximate surface area is 180 Å². The molecule has 0 radical (unpaired) electrons. The summed E-state index contributed by atoms with van der Waals surface area (Å²) >= 11 is 6.25. The summed E-state index contributed by atoms with van der Waals surface area (Å²) in [7, 11) is 1.58. The second-order valence-electron chi connectivity index (χ2n) is 7.34. The third-order valence-corrected chi connectivity index (χ3v) is 5.76. The van der Waals surface area contributed by atoms with Gasteiger partial charge in [-0.15, -0.1) is 0 Å². The number of aliphatic hydroxyl groups excluding tert-OH is 1. The van der Waals surface area contributed by atoms with Gasteiger partial charge in [-0.05, 0) is 42.7 Å². The van der Waals surface area contributed by atoms with Gasteiger partial charge in [-0.25, -0.2) is 0 Å². The Morgan fingerprint density at radius 2 is 2.07 bits per heavy atom. The number of nitrogens with zero attached hydrogens (tertiary/aromatic N) is 3. The van der Waals surface area contributed by atoms with Crippen LogP contribution in [0.1, 0.15) is 29.5 Å². The number of hydrogen-bond acceptors (Lipinski definition) is 6. The van der Waals surface area contributed by atoms with Crippen LogP contribution >= 0.6 is 11.6 Å². The number of benzene rings is 2. The van der Waals surface area contributed by atoms with Crippen LogP contribution in [0, 0.1) is 11.3 Å². The normalized spacial score (nSPS) is 13.5. The number of nitrogens with one attached hydrogen (secondary N) is 1. The van der Waals surface area contributed by atoms with Crippen LogP contribution in [0.25, 0.3) is 10.9 Å². The lowest BCUT2D eigenvalue weighted by atomic mass is 10.0. The topological polar surface area (TPSA) is 81.4 Å². The number of ether oxygens (including phenoxy) is 1. The molecule has 0 saturated carbocycles. The van der Waals surface area contributed by atoms with Crippen molar-refractivity contribution in [1.82, 2.24) is 4.98 Å². The molecule has 3 aromatic rings. The average Bonchev–Trinajstić information content (AvgIpc) is 3.31. The molecule has 2 aromatic carbocycles. The van der Waals surface area contributed by atoms with Crippen LogP contribution in [-0.4, -0.2) is 30.3 Å². The van der Waals surface area contributed by atoms with Crippen molar-refractivity contribution in [3.63, 3.8) is 0 Å². The fourth-order valence-corrected chi connectivity index (χ4v) is 4.21. The number of anilines is 2. The van der Waals surface area contributed by atoms with Gasteiger partial charge < -0.3 is 20.1 Å². The molecule has 30 heavy (non-hydrogen) atoms. The van der Waals surface area contributed by atoms with Crippen LogP contribution in [0.2, 0.25) is 5.02 Å². The minimum absolute atomic E-state index is 0.148. The lowest BCUT2D eigenvalue weighted by Gasteiger charge is -2.22. The SMILES string of the molecule is COc1ccc(CNc2c(CO)cnc3c(N4CCCC4)cc(C#N)cc23)cc1Cl. The van der Waals surface area contributed by atoms with E-state index >= 15 is 0 Å². The van der Waals surface area contributed by atoms with Gasteiger partial charge in [0.05, 0.1) is 47.3 Å². The van der Waals surface area contributed by atoms with Crippen molar-refractivity contribution in [2.24, 2.45) is 0 Å². The molecule has 1 saturated heterocycles. The lowest BCUT2D eigenvalue weighted by Crippen LogP contribution is -2.18. The highest BCUT2D eigenvalue weighted by molar-refractivity contribution is 6.32. The first-order valence-corrected chi connectivity index (χ1v) is 10.3. The number of rotatable bonds is 6. The molecule has 1 fully saturated rings. The summed E-state index contributed by atoms with van der Waals surface area (Å²) in [5, 5.41) is 24.3. The van der Waals surface area contributed by atoms with Crippen LogP contribution < -0.4 is 15.0 Å². The Morgan fingerprint density at radius 1 is 1.27 bits per heavy atom. The van der Waals surface area contributed by atoms with Gasteiger partial charge in [-0.2, -0.15) is 5.26 Å². The number of nitriles is 1. The van der Waals surface area contributed by atoms with Gasteiger partial charge in [0.15, 0.2) is 0 Å². The van der Waals surface area contributed by atoms with Crippen molar-refractivity contribution in [1.29, 1.82) is 5.26 Å². The maximum absolute atomic E-state index is 9.90. The molecule has 7 heteroatoms. The number of methoxy groups -OCH3 is 1. The van der Waals surface area contributed by atoms with Crippen molar-refractivity contribution < 1.29 is 9.84 Å². The highest BCUT2D eigenvalue weighted by atomic mass is 35.5. The van der Waals surface area contributed by atoms with Gasteiger partial charge in [-0.3, -0.25) is 4.98 Å². The van der Waals surface area contributed by atoms with Crippen LogP contribution in [0.3, 0.4) is 0 Å². The standard InChI is InChI=1S/C23H23ClN4O2/c1-30-21-5-4-15(9-19(21)24)12-26-22-17(14-29)13-27-23-18(22)8-16(11-25)10-20(23)28-6-2-3-7-28/h4-5,8-10,13,29H,2-3,6-7,12,14H2,1H3,(H,26,27). The number of fused-ring (bicyclic) bond motifs is 1. The molecule has 1 aromatic heterocycles. The Balaban J connectivity index is 1.76. The summed E-state index contributed by atoms with van der Waals surface area (Å²) in [5.41, 5.74) is 4.84. The molecule has 0 atom stereocenters. The predicted molar refractivity (Wildman–Crippen MR) is 119 cm³/mol. The average molecular weight is 423 g/mol. The van der Waals surface area contributed by atoms with E-state index in [9.17, 15) is 10.4 Å². The summed E-state index contributed by atoms with van der Waals surface area (Å²) in [6.07, 6.45) is 3.98. The molecule has 1 aliphatic rings. The summed E-state index contributed by atoms with van der Waals surface area (Å²) in [5.74, 6) is 0.625. The van der Waals surface area contributed by atoms with Crippen molar-refractivity contribution in [3.8, 4) is 11.8 Å². The Hall–Kier alpha value is -3.01. The van der Waals surface area contributed by atoms with E-state index in [0.717, 1.165) is 53.8 Å². The fraction of sp³-hybridized carbons (Fsp3) is 0.304. The quantitative estimate of drug-likeness (QED) is 0.609. The van der Waals surface area contributed by atoms with Gasteiger partial charge in [0.2, 0.25) is 0 Å². The summed E-state index contributed by atoms with van der Waals surface area (Å²) in [6.45, 7) is 2.27. The molecular formula is C23H23ClN4O2. The van der Waals surface area contributed by atoms with Gasteiger partial charge >= 0.3 is 0 Å². The van der Waals surface area contributed by atoms with Gasteiger partial charge in [0.25, 0.3) is 0 Å². The maximum Gasteiger partial charge on any atom is 0.137 e. The zero-order chi connectivity index (χ0) is 21.1. The van der Waals surface area contributed by atoms with E-state index in [4.69, 9.17) is 16.3 Å². The molecule has 0 amide bonds. The molecule has 1 aliphatic heterocycles. The molecule has 2 heterocycles. The number of hydrogen-bond donors (Lipinski definition) is 2. The second-order valence-corrected chi connectivity index (χ2v) is 7.74. The Bertz CT molecular complexity index is 1120. The van der Waals surface area contributed by atoms with Gasteiger partial charge in [-0.1, -0.05) is 17.7 Å². The van der Waals surface area contributed by atoms with Crippen molar-refractivity contribution in [2.75, 3.05) is 30.4 Å². The van der Waals surface area contributed by atoms with E-state index in [1.165, 1.54) is 0 Å². The smallest absolute Gasteiger partial charge is 0.137 e. The van der Waals surface area contributed by atoms with Crippen LogP contribution in [0.5, 0.6) is 5.75 Å². The van der Waals surface area contributed by atoms with Crippen LogP contribution in [-0.2, 0) is 13.2 Å². The number of halogens is 1. The first kappa shape index (κ1) is 20.3. The summed E-state index contributed by atoms with van der Waals surface area (Å²) < 4.78 is 5.22. The molecule has 0 spiro atoms. The van der Waals surface area contributed by atoms with E-state index in [2.05, 4.69) is 21.3 Å². The zero-order valence-corrected chi connectivity index (χ0v) is 17.5. The van der Waals surface area contributed by atoms with E-state index in [0.29, 0.717) is 28.4 Å². The molecular weight excluding hydrogens is 400 g/mol. The van der Waals surface area contributed by atoms with E-state index < -0.39 is 0 Å². The van der Waals surface area contributed by atoms with Crippen molar-refractivity contribution in [3.05, 3.63) is 58.2 Å². The third kappa shape index (κ3) is 3.87. The van der Waals surface area contributed by atoms with Crippen LogP contribution in [0.15, 0.2) is 36.5 Å². The summed E-state index contributed by atoms with van der Waals surface area (Å²) in [4.78, 5) is 6.92.